The molecule has 0 aliphatic heterocycles. The Kier molecular flexibility index (Phi) is 8.37. The van der Waals surface area contributed by atoms with Crippen LogP contribution in [0.15, 0.2) is 218 Å². The highest BCUT2D eigenvalue weighted by atomic mass is 15.1. The van der Waals surface area contributed by atoms with Gasteiger partial charge in [0.05, 0.1) is 69.3 Å². The number of fused-ring (bicyclic) bond motifs is 12. The van der Waals surface area contributed by atoms with Crippen LogP contribution >= 0.6 is 0 Å². The third-order valence-electron chi connectivity index (χ3n) is 14.3. The smallest absolute Gasteiger partial charge is 0.189 e. The van der Waals surface area contributed by atoms with Crippen molar-refractivity contribution in [2.75, 3.05) is 0 Å². The van der Waals surface area contributed by atoms with Crippen molar-refractivity contribution in [1.29, 1.82) is 5.26 Å². The first kappa shape index (κ1) is 38.6. The molecule has 4 heterocycles. The van der Waals surface area contributed by atoms with Gasteiger partial charge in [0.2, 0.25) is 0 Å². The maximum atomic E-state index is 10.6. The van der Waals surface area contributed by atoms with Gasteiger partial charge in [0.25, 0.3) is 0 Å². The predicted molar refractivity (Wildman–Crippen MR) is 284 cm³/mol. The number of hydrogen-bond acceptors (Lipinski definition) is 1. The van der Waals surface area contributed by atoms with Crippen molar-refractivity contribution in [1.82, 2.24) is 18.3 Å². The van der Waals surface area contributed by atoms with Crippen LogP contribution in [-0.4, -0.2) is 18.3 Å². The van der Waals surface area contributed by atoms with Crippen LogP contribution in [-0.2, 0) is 6.54 Å². The summed E-state index contributed by atoms with van der Waals surface area (Å²) >= 11 is 0. The lowest BCUT2D eigenvalue weighted by Crippen LogP contribution is -2.15. The second-order valence-electron chi connectivity index (χ2n) is 17.8. The van der Waals surface area contributed by atoms with E-state index in [9.17, 15) is 5.26 Å². The standard InChI is InChI=1S/C63H38N6/c1-65-42-35-40(38-64)34-41(36-42)51-37-61(67-55-28-12-4-20-45(55)46-21-5-13-29-56(46)67)63(69-59-32-16-8-24-49(59)50-25-9-17-33-60(50)69)52(39-66-53-26-10-2-18-43(53)44-19-3-11-27-54(44)66)62(51)68-57-30-14-6-22-47(57)48-23-7-15-31-58(48)68/h2-37H,39H2. The van der Waals surface area contributed by atoms with Crippen LogP contribution in [0, 0.1) is 17.9 Å². The van der Waals surface area contributed by atoms with E-state index in [1.807, 2.05) is 12.1 Å². The average molecular weight is 879 g/mol. The molecule has 0 N–H and O–H groups in total. The van der Waals surface area contributed by atoms with Gasteiger partial charge in [-0.1, -0.05) is 146 Å². The van der Waals surface area contributed by atoms with Crippen molar-refractivity contribution in [3.8, 4) is 34.3 Å². The van der Waals surface area contributed by atoms with Crippen molar-refractivity contribution < 1.29 is 0 Å². The van der Waals surface area contributed by atoms with Gasteiger partial charge in [-0.05, 0) is 78.4 Å². The van der Waals surface area contributed by atoms with Gasteiger partial charge < -0.3 is 18.3 Å². The highest BCUT2D eigenvalue weighted by molar-refractivity contribution is 6.14. The lowest BCUT2D eigenvalue weighted by atomic mass is 9.94. The van der Waals surface area contributed by atoms with E-state index in [1.54, 1.807) is 6.07 Å². The Balaban J connectivity index is 1.30. The number of para-hydroxylation sites is 8. The topological polar surface area (TPSA) is 47.9 Å². The van der Waals surface area contributed by atoms with Crippen molar-refractivity contribution in [3.63, 3.8) is 0 Å². The normalized spacial score (nSPS) is 11.8. The molecule has 0 atom stereocenters. The Morgan fingerprint density at radius 3 is 1.13 bits per heavy atom. The molecule has 0 radical (unpaired) electrons. The molecule has 320 valence electrons. The molecule has 0 bridgehead atoms. The van der Waals surface area contributed by atoms with Gasteiger partial charge in [-0.15, -0.1) is 0 Å². The van der Waals surface area contributed by atoms with Gasteiger partial charge >= 0.3 is 0 Å². The molecule has 0 saturated heterocycles. The molecule has 14 rings (SSSR count). The summed E-state index contributed by atoms with van der Waals surface area (Å²) in [5.74, 6) is 0. The van der Waals surface area contributed by atoms with Gasteiger partial charge in [0, 0.05) is 70.8 Å². The molecular weight excluding hydrogens is 841 g/mol. The molecule has 14 aromatic rings. The summed E-state index contributed by atoms with van der Waals surface area (Å²) in [6.07, 6.45) is 0. The maximum absolute atomic E-state index is 10.6. The molecule has 0 saturated carbocycles. The lowest BCUT2D eigenvalue weighted by molar-refractivity contribution is 0.847. The summed E-state index contributed by atoms with van der Waals surface area (Å²) < 4.78 is 9.89. The summed E-state index contributed by atoms with van der Waals surface area (Å²) in [6, 6.07) is 80.1. The molecule has 0 unspecified atom stereocenters. The monoisotopic (exact) mass is 878 g/mol. The first-order valence-corrected chi connectivity index (χ1v) is 23.2. The number of nitrogens with zero attached hydrogens (tertiary/aromatic N) is 6. The fraction of sp³-hybridized carbons (Fsp3) is 0.0159. The van der Waals surface area contributed by atoms with E-state index in [2.05, 4.69) is 229 Å². The van der Waals surface area contributed by atoms with Crippen LogP contribution in [0.25, 0.3) is 120 Å². The second kappa shape index (κ2) is 15.0. The number of rotatable bonds is 6. The zero-order chi connectivity index (χ0) is 45.7. The summed E-state index contributed by atoms with van der Waals surface area (Å²) in [6.45, 7) is 8.79. The van der Waals surface area contributed by atoms with Gasteiger partial charge in [0.15, 0.2) is 5.69 Å². The largest absolute Gasteiger partial charge is 0.336 e. The lowest BCUT2D eigenvalue weighted by Gasteiger charge is -2.28. The Morgan fingerprint density at radius 1 is 0.391 bits per heavy atom. The maximum Gasteiger partial charge on any atom is 0.189 e. The van der Waals surface area contributed by atoms with E-state index in [-0.39, 0.29) is 0 Å². The summed E-state index contributed by atoms with van der Waals surface area (Å²) in [4.78, 5) is 3.97. The molecule has 0 aliphatic rings. The van der Waals surface area contributed by atoms with E-state index in [4.69, 9.17) is 6.57 Å². The second-order valence-corrected chi connectivity index (χ2v) is 17.8. The van der Waals surface area contributed by atoms with E-state index in [0.29, 0.717) is 17.8 Å². The highest BCUT2D eigenvalue weighted by Crippen LogP contribution is 2.48. The molecule has 0 aliphatic carbocycles. The predicted octanol–water partition coefficient (Wildman–Crippen LogP) is 16.2. The quantitative estimate of drug-likeness (QED) is 0.154. The summed E-state index contributed by atoms with van der Waals surface area (Å²) in [7, 11) is 0. The average Bonchev–Trinajstić information content (AvgIpc) is 4.13. The Labute approximate surface area is 396 Å². The first-order valence-electron chi connectivity index (χ1n) is 23.2. The van der Waals surface area contributed by atoms with Crippen LogP contribution in [0.1, 0.15) is 11.1 Å². The van der Waals surface area contributed by atoms with Gasteiger partial charge in [-0.3, -0.25) is 0 Å². The number of hydrogen-bond donors (Lipinski definition) is 0. The van der Waals surface area contributed by atoms with E-state index >= 15 is 0 Å². The highest BCUT2D eigenvalue weighted by Gasteiger charge is 2.30. The minimum Gasteiger partial charge on any atom is -0.336 e. The van der Waals surface area contributed by atoms with Gasteiger partial charge in [-0.25, -0.2) is 4.85 Å². The molecule has 6 heteroatoms. The van der Waals surface area contributed by atoms with Crippen LogP contribution in [0.5, 0.6) is 0 Å². The number of aromatic nitrogens is 4. The van der Waals surface area contributed by atoms with Crippen LogP contribution in [0.3, 0.4) is 0 Å². The fourth-order valence-electron chi connectivity index (χ4n) is 11.5. The molecule has 6 nitrogen and oxygen atoms in total. The Hall–Kier alpha value is -9.62. The Morgan fingerprint density at radius 2 is 0.739 bits per heavy atom. The summed E-state index contributed by atoms with van der Waals surface area (Å²) in [5.41, 5.74) is 15.3. The van der Waals surface area contributed by atoms with Crippen molar-refractivity contribution >= 4 is 92.9 Å². The molecular formula is C63H38N6. The third kappa shape index (κ3) is 5.58. The SMILES string of the molecule is [C-]#[N+]c1cc(C#N)cc(-c2cc(-n3c4ccccc4c4ccccc43)c(-n3c4ccccc4c4ccccc43)c(Cn3c4ccccc4c4ccccc43)c2-n2c3ccccc3c3ccccc32)c1. The minimum atomic E-state index is 0.408. The van der Waals surface area contributed by atoms with Crippen LogP contribution in [0.4, 0.5) is 5.69 Å². The van der Waals surface area contributed by atoms with Crippen molar-refractivity contribution in [2.45, 2.75) is 6.54 Å². The third-order valence-corrected chi connectivity index (χ3v) is 14.3. The van der Waals surface area contributed by atoms with Crippen molar-refractivity contribution in [3.05, 3.63) is 241 Å². The van der Waals surface area contributed by atoms with Gasteiger partial charge in [-0.2, -0.15) is 5.26 Å². The summed E-state index contributed by atoms with van der Waals surface area (Å²) in [5, 5.41) is 19.9. The van der Waals surface area contributed by atoms with E-state index < -0.39 is 0 Å². The van der Waals surface area contributed by atoms with Gasteiger partial charge in [0.1, 0.15) is 0 Å². The number of benzene rings is 10. The van der Waals surface area contributed by atoms with E-state index in [0.717, 1.165) is 110 Å². The fourth-order valence-corrected chi connectivity index (χ4v) is 11.5. The molecule has 69 heavy (non-hydrogen) atoms. The number of nitriles is 1. The molecule has 0 fully saturated rings. The first-order chi connectivity index (χ1) is 34.2. The van der Waals surface area contributed by atoms with Crippen LogP contribution in [0.2, 0.25) is 0 Å². The van der Waals surface area contributed by atoms with E-state index in [1.165, 1.54) is 10.8 Å². The molecule has 0 amide bonds. The molecule has 4 aromatic heterocycles. The molecule has 10 aromatic carbocycles. The Bertz CT molecular complexity index is 4310. The zero-order valence-electron chi connectivity index (χ0n) is 37.2. The van der Waals surface area contributed by atoms with Crippen LogP contribution < -0.4 is 0 Å². The van der Waals surface area contributed by atoms with Crippen molar-refractivity contribution in [2.24, 2.45) is 0 Å². The minimum absolute atomic E-state index is 0.408. The molecule has 0 spiro atoms. The zero-order valence-corrected chi connectivity index (χ0v) is 37.2.